The van der Waals surface area contributed by atoms with Gasteiger partial charge in [-0.2, -0.15) is 4.98 Å². The molecule has 1 amide bonds. The van der Waals surface area contributed by atoms with E-state index < -0.39 is 0 Å². The maximum atomic E-state index is 13.1. The second-order valence-corrected chi connectivity index (χ2v) is 6.75. The number of para-hydroxylation sites is 1. The number of amides is 1. The standard InChI is InChI=1S/C21H18N4O2/c26-21(17-13-15-9-4-5-10-16(15)22-17)25-12-6-11-18(25)20-23-19(24-27-20)14-7-2-1-3-8-14/h1-5,7-10,13,18,22H,6,11-12H2. The van der Waals surface area contributed by atoms with Crippen molar-refractivity contribution in [2.75, 3.05) is 6.54 Å². The Labute approximate surface area is 155 Å². The average Bonchev–Trinajstić information content (AvgIpc) is 3.46. The van der Waals surface area contributed by atoms with Crippen LogP contribution in [0.4, 0.5) is 0 Å². The first kappa shape index (κ1) is 15.8. The van der Waals surface area contributed by atoms with Gasteiger partial charge in [-0.1, -0.05) is 53.7 Å². The van der Waals surface area contributed by atoms with E-state index in [0.717, 1.165) is 29.3 Å². The highest BCUT2D eigenvalue weighted by Crippen LogP contribution is 2.33. The third-order valence-electron chi connectivity index (χ3n) is 5.03. The molecular weight excluding hydrogens is 340 g/mol. The number of aromatic nitrogens is 3. The Morgan fingerprint density at radius 2 is 1.93 bits per heavy atom. The number of hydrogen-bond donors (Lipinski definition) is 1. The van der Waals surface area contributed by atoms with Crippen LogP contribution in [-0.4, -0.2) is 32.5 Å². The molecule has 1 aliphatic heterocycles. The van der Waals surface area contributed by atoms with Gasteiger partial charge in [-0.15, -0.1) is 0 Å². The topological polar surface area (TPSA) is 75.0 Å². The highest BCUT2D eigenvalue weighted by Gasteiger charge is 2.35. The fourth-order valence-electron chi connectivity index (χ4n) is 3.68. The third-order valence-corrected chi connectivity index (χ3v) is 5.03. The van der Waals surface area contributed by atoms with Crippen LogP contribution in [0.2, 0.25) is 0 Å². The Bertz CT molecular complexity index is 1070. The van der Waals surface area contributed by atoms with Crippen molar-refractivity contribution in [3.8, 4) is 11.4 Å². The average molecular weight is 358 g/mol. The first-order chi connectivity index (χ1) is 13.3. The summed E-state index contributed by atoms with van der Waals surface area (Å²) < 4.78 is 5.51. The molecule has 0 aliphatic carbocycles. The molecule has 0 spiro atoms. The number of carbonyl (C=O) groups excluding carboxylic acids is 1. The van der Waals surface area contributed by atoms with E-state index in [4.69, 9.17) is 4.52 Å². The molecule has 6 heteroatoms. The van der Waals surface area contributed by atoms with Gasteiger partial charge >= 0.3 is 0 Å². The first-order valence-electron chi connectivity index (χ1n) is 9.07. The van der Waals surface area contributed by atoms with Crippen molar-refractivity contribution in [3.63, 3.8) is 0 Å². The largest absolute Gasteiger partial charge is 0.351 e. The molecule has 1 N–H and O–H groups in total. The maximum Gasteiger partial charge on any atom is 0.270 e. The number of hydrogen-bond acceptors (Lipinski definition) is 4. The van der Waals surface area contributed by atoms with E-state index in [1.165, 1.54) is 0 Å². The summed E-state index contributed by atoms with van der Waals surface area (Å²) in [6.45, 7) is 0.682. The minimum Gasteiger partial charge on any atom is -0.351 e. The molecular formula is C21H18N4O2. The zero-order valence-corrected chi connectivity index (χ0v) is 14.6. The normalized spacial score (nSPS) is 16.9. The van der Waals surface area contributed by atoms with Crippen LogP contribution in [0.25, 0.3) is 22.3 Å². The van der Waals surface area contributed by atoms with Crippen molar-refractivity contribution in [3.05, 3.63) is 72.2 Å². The SMILES string of the molecule is O=C(c1cc2ccccc2[nH]1)N1CCCC1c1nc(-c2ccccc2)no1. The smallest absolute Gasteiger partial charge is 0.270 e. The van der Waals surface area contributed by atoms with Crippen LogP contribution in [0.5, 0.6) is 0 Å². The lowest BCUT2D eigenvalue weighted by molar-refractivity contribution is 0.0705. The van der Waals surface area contributed by atoms with E-state index >= 15 is 0 Å². The van der Waals surface area contributed by atoms with E-state index in [2.05, 4.69) is 15.1 Å². The molecule has 27 heavy (non-hydrogen) atoms. The van der Waals surface area contributed by atoms with Gasteiger partial charge in [0.05, 0.1) is 0 Å². The quantitative estimate of drug-likeness (QED) is 0.596. The van der Waals surface area contributed by atoms with Gasteiger partial charge < -0.3 is 14.4 Å². The lowest BCUT2D eigenvalue weighted by Gasteiger charge is -2.21. The van der Waals surface area contributed by atoms with Gasteiger partial charge in [0, 0.05) is 23.0 Å². The molecule has 4 aromatic rings. The number of rotatable bonds is 3. The highest BCUT2D eigenvalue weighted by molar-refractivity contribution is 5.98. The first-order valence-corrected chi connectivity index (χ1v) is 9.07. The number of fused-ring (bicyclic) bond motifs is 1. The molecule has 5 rings (SSSR count). The van der Waals surface area contributed by atoms with E-state index in [0.29, 0.717) is 24.0 Å². The summed E-state index contributed by atoms with van der Waals surface area (Å²) in [5.41, 5.74) is 2.45. The summed E-state index contributed by atoms with van der Waals surface area (Å²) in [7, 11) is 0. The van der Waals surface area contributed by atoms with Gasteiger partial charge in [-0.3, -0.25) is 4.79 Å². The summed E-state index contributed by atoms with van der Waals surface area (Å²) in [6, 6.07) is 19.3. The van der Waals surface area contributed by atoms with E-state index in [9.17, 15) is 4.79 Å². The number of nitrogens with one attached hydrogen (secondary N) is 1. The van der Waals surface area contributed by atoms with Gasteiger partial charge in [0.25, 0.3) is 5.91 Å². The molecule has 1 fully saturated rings. The molecule has 3 heterocycles. The van der Waals surface area contributed by atoms with Crippen LogP contribution < -0.4 is 0 Å². The van der Waals surface area contributed by atoms with Crippen LogP contribution in [0.1, 0.15) is 35.3 Å². The molecule has 1 unspecified atom stereocenters. The molecule has 1 saturated heterocycles. The van der Waals surface area contributed by atoms with Gasteiger partial charge in [0.15, 0.2) is 0 Å². The summed E-state index contributed by atoms with van der Waals surface area (Å²) in [4.78, 5) is 22.7. The number of nitrogens with zero attached hydrogens (tertiary/aromatic N) is 3. The zero-order chi connectivity index (χ0) is 18.2. The number of benzene rings is 2. The highest BCUT2D eigenvalue weighted by atomic mass is 16.5. The molecule has 1 atom stereocenters. The monoisotopic (exact) mass is 358 g/mol. The van der Waals surface area contributed by atoms with Crippen LogP contribution >= 0.6 is 0 Å². The molecule has 1 aliphatic rings. The number of likely N-dealkylation sites (tertiary alicyclic amines) is 1. The van der Waals surface area contributed by atoms with Crippen molar-refractivity contribution >= 4 is 16.8 Å². The van der Waals surface area contributed by atoms with Gasteiger partial charge in [-0.25, -0.2) is 0 Å². The Morgan fingerprint density at radius 1 is 1.11 bits per heavy atom. The van der Waals surface area contributed by atoms with Crippen molar-refractivity contribution in [1.29, 1.82) is 0 Å². The van der Waals surface area contributed by atoms with Gasteiger partial charge in [0.1, 0.15) is 11.7 Å². The summed E-state index contributed by atoms with van der Waals surface area (Å²) >= 11 is 0. The van der Waals surface area contributed by atoms with Gasteiger partial charge in [0.2, 0.25) is 11.7 Å². The fraction of sp³-hybridized carbons (Fsp3) is 0.190. The molecule has 6 nitrogen and oxygen atoms in total. The zero-order valence-electron chi connectivity index (χ0n) is 14.6. The summed E-state index contributed by atoms with van der Waals surface area (Å²) in [5.74, 6) is 1.01. The minimum absolute atomic E-state index is 0.0341. The predicted octanol–water partition coefficient (Wildman–Crippen LogP) is 4.20. The second-order valence-electron chi connectivity index (χ2n) is 6.75. The number of carbonyl (C=O) groups is 1. The molecule has 0 bridgehead atoms. The van der Waals surface area contributed by atoms with Crippen molar-refractivity contribution in [2.24, 2.45) is 0 Å². The Balaban J connectivity index is 1.43. The lowest BCUT2D eigenvalue weighted by atomic mass is 10.2. The van der Waals surface area contributed by atoms with E-state index in [-0.39, 0.29) is 11.9 Å². The molecule has 134 valence electrons. The van der Waals surface area contributed by atoms with Crippen LogP contribution in [0.3, 0.4) is 0 Å². The fourth-order valence-corrected chi connectivity index (χ4v) is 3.68. The summed E-state index contributed by atoms with van der Waals surface area (Å²) in [5, 5.41) is 5.13. The number of H-pyrrole nitrogens is 1. The Hall–Kier alpha value is -3.41. The van der Waals surface area contributed by atoms with Crippen LogP contribution in [0, 0.1) is 0 Å². The van der Waals surface area contributed by atoms with Crippen LogP contribution in [0.15, 0.2) is 65.2 Å². The molecule has 2 aromatic carbocycles. The van der Waals surface area contributed by atoms with E-state index in [1.807, 2.05) is 65.6 Å². The predicted molar refractivity (Wildman–Crippen MR) is 101 cm³/mol. The van der Waals surface area contributed by atoms with Crippen LogP contribution in [-0.2, 0) is 0 Å². The minimum atomic E-state index is -0.186. The Kier molecular flexibility index (Phi) is 3.74. The van der Waals surface area contributed by atoms with Gasteiger partial charge in [-0.05, 0) is 25.0 Å². The van der Waals surface area contributed by atoms with Crippen molar-refractivity contribution in [2.45, 2.75) is 18.9 Å². The lowest BCUT2D eigenvalue weighted by Crippen LogP contribution is -2.31. The molecule has 2 aromatic heterocycles. The van der Waals surface area contributed by atoms with Crippen molar-refractivity contribution < 1.29 is 9.32 Å². The number of aromatic amines is 1. The maximum absolute atomic E-state index is 13.1. The molecule has 0 saturated carbocycles. The second kappa shape index (κ2) is 6.39. The third kappa shape index (κ3) is 2.79. The molecule has 0 radical (unpaired) electrons. The van der Waals surface area contributed by atoms with E-state index in [1.54, 1.807) is 0 Å². The Morgan fingerprint density at radius 3 is 2.78 bits per heavy atom. The summed E-state index contributed by atoms with van der Waals surface area (Å²) in [6.07, 6.45) is 1.74. The van der Waals surface area contributed by atoms with Crippen molar-refractivity contribution in [1.82, 2.24) is 20.0 Å².